The third kappa shape index (κ3) is 4.72. The van der Waals surface area contributed by atoms with Crippen LogP contribution in [-0.2, 0) is 18.3 Å². The van der Waals surface area contributed by atoms with Crippen molar-refractivity contribution in [2.24, 2.45) is 7.05 Å². The van der Waals surface area contributed by atoms with Crippen molar-refractivity contribution >= 4 is 5.91 Å². The second-order valence-electron chi connectivity index (χ2n) is 8.19. The summed E-state index contributed by atoms with van der Waals surface area (Å²) in [6.07, 6.45) is 4.12. The van der Waals surface area contributed by atoms with Gasteiger partial charge in [0.2, 0.25) is 5.91 Å². The van der Waals surface area contributed by atoms with E-state index in [0.717, 1.165) is 17.0 Å². The first-order valence-corrected chi connectivity index (χ1v) is 10.4. The minimum atomic E-state index is -0.386. The molecule has 1 N–H and O–H groups in total. The van der Waals surface area contributed by atoms with E-state index < -0.39 is 0 Å². The molecular weight excluding hydrogens is 376 g/mol. The van der Waals surface area contributed by atoms with E-state index in [1.54, 1.807) is 17.1 Å². The molecule has 1 aromatic carbocycles. The SMILES string of the molecule is CC(C)N(C(=O)C(c1cccnc1)C(Cc1nn[nH][n+]1C)c1ccccc1)C(C)C. The molecule has 2 heterocycles. The fourth-order valence-corrected chi connectivity index (χ4v) is 4.15. The molecule has 7 heteroatoms. The fourth-order valence-electron chi connectivity index (χ4n) is 4.15. The second-order valence-corrected chi connectivity index (χ2v) is 8.19. The quantitative estimate of drug-likeness (QED) is 0.583. The average molecular weight is 408 g/mol. The van der Waals surface area contributed by atoms with Crippen molar-refractivity contribution in [2.45, 2.75) is 58.0 Å². The zero-order chi connectivity index (χ0) is 21.7. The van der Waals surface area contributed by atoms with E-state index in [4.69, 9.17) is 0 Å². The van der Waals surface area contributed by atoms with Crippen LogP contribution < -0.4 is 4.68 Å². The van der Waals surface area contributed by atoms with Gasteiger partial charge in [-0.3, -0.25) is 9.78 Å². The smallest absolute Gasteiger partial charge is 0.300 e. The maximum atomic E-state index is 14.0. The number of rotatable bonds is 8. The summed E-state index contributed by atoms with van der Waals surface area (Å²) in [5.41, 5.74) is 2.00. The number of tetrazole rings is 1. The van der Waals surface area contributed by atoms with E-state index >= 15 is 0 Å². The monoisotopic (exact) mass is 407 g/mol. The Hall–Kier alpha value is -3.09. The zero-order valence-corrected chi connectivity index (χ0v) is 18.4. The van der Waals surface area contributed by atoms with E-state index in [1.807, 2.05) is 42.3 Å². The predicted molar refractivity (Wildman–Crippen MR) is 115 cm³/mol. The van der Waals surface area contributed by atoms with Gasteiger partial charge in [-0.1, -0.05) is 41.6 Å². The van der Waals surface area contributed by atoms with Crippen molar-refractivity contribution in [3.8, 4) is 0 Å². The molecular formula is C23H31N6O+. The Kier molecular flexibility index (Phi) is 6.92. The molecule has 3 rings (SSSR count). The molecule has 2 atom stereocenters. The van der Waals surface area contributed by atoms with Crippen molar-refractivity contribution < 1.29 is 9.48 Å². The van der Waals surface area contributed by atoms with Gasteiger partial charge in [0.25, 0.3) is 0 Å². The molecule has 0 fully saturated rings. The summed E-state index contributed by atoms with van der Waals surface area (Å²) < 4.78 is 1.80. The van der Waals surface area contributed by atoms with E-state index in [1.165, 1.54) is 0 Å². The molecule has 0 spiro atoms. The number of hydrogen-bond donors (Lipinski definition) is 1. The third-order valence-corrected chi connectivity index (χ3v) is 5.46. The first kappa shape index (κ1) is 21.6. The van der Waals surface area contributed by atoms with Crippen LogP contribution in [0.3, 0.4) is 0 Å². The number of carbonyl (C=O) groups excluding carboxylic acids is 1. The highest BCUT2D eigenvalue weighted by molar-refractivity contribution is 5.85. The van der Waals surface area contributed by atoms with Gasteiger partial charge in [0.1, 0.15) is 5.10 Å². The van der Waals surface area contributed by atoms with Crippen LogP contribution in [0.2, 0.25) is 0 Å². The van der Waals surface area contributed by atoms with Gasteiger partial charge in [0.05, 0.1) is 19.4 Å². The molecule has 0 bridgehead atoms. The van der Waals surface area contributed by atoms with Gasteiger partial charge in [0.15, 0.2) is 5.21 Å². The maximum Gasteiger partial charge on any atom is 0.300 e. The van der Waals surface area contributed by atoms with Crippen molar-refractivity contribution in [3.63, 3.8) is 0 Å². The highest BCUT2D eigenvalue weighted by Gasteiger charge is 2.38. The number of aromatic amines is 1. The molecule has 0 saturated heterocycles. The standard InChI is InChI=1S/C23H30N6O/c1-16(2)29(17(3)4)23(30)22(19-12-9-13-24-15-19)20(18-10-7-6-8-11-18)14-21-25-26-27-28(21)5/h6-13,15-17,20,22H,14H2,1-5H3/p+1. The summed E-state index contributed by atoms with van der Waals surface area (Å²) in [5, 5.41) is 11.0. The number of nitrogens with zero attached hydrogens (tertiary/aromatic N) is 5. The molecule has 0 aliphatic rings. The van der Waals surface area contributed by atoms with Gasteiger partial charge in [-0.05, 0) is 44.9 Å². The summed E-state index contributed by atoms with van der Waals surface area (Å²) in [4.78, 5) is 20.3. The molecule has 2 unspecified atom stereocenters. The predicted octanol–water partition coefficient (Wildman–Crippen LogP) is 2.78. The topological polar surface area (TPSA) is 78.7 Å². The number of nitrogens with one attached hydrogen (secondary N) is 1. The first-order chi connectivity index (χ1) is 14.4. The van der Waals surface area contributed by atoms with Crippen LogP contribution in [-0.4, -0.2) is 43.4 Å². The number of pyridine rings is 1. The van der Waals surface area contributed by atoms with Gasteiger partial charge >= 0.3 is 5.82 Å². The van der Waals surface area contributed by atoms with Crippen molar-refractivity contribution in [2.75, 3.05) is 0 Å². The summed E-state index contributed by atoms with van der Waals surface area (Å²) in [6, 6.07) is 14.2. The largest absolute Gasteiger partial charge is 0.337 e. The molecule has 30 heavy (non-hydrogen) atoms. The molecule has 0 aliphatic carbocycles. The Balaban J connectivity index is 2.13. The number of aryl methyl sites for hydroxylation is 1. The van der Waals surface area contributed by atoms with Gasteiger partial charge in [0, 0.05) is 30.4 Å². The molecule has 0 aliphatic heterocycles. The number of H-pyrrole nitrogens is 1. The van der Waals surface area contributed by atoms with E-state index in [-0.39, 0.29) is 29.8 Å². The van der Waals surface area contributed by atoms with Crippen LogP contribution in [0.1, 0.15) is 56.5 Å². The fraction of sp³-hybridized carbons (Fsp3) is 0.435. The summed E-state index contributed by atoms with van der Waals surface area (Å²) in [6.45, 7) is 8.25. The van der Waals surface area contributed by atoms with Crippen LogP contribution in [0.4, 0.5) is 0 Å². The Morgan fingerprint density at radius 2 is 1.70 bits per heavy atom. The Morgan fingerprint density at radius 1 is 1.03 bits per heavy atom. The lowest BCUT2D eigenvalue weighted by molar-refractivity contribution is -0.738. The van der Waals surface area contributed by atoms with Gasteiger partial charge in [-0.15, -0.1) is 0 Å². The van der Waals surface area contributed by atoms with Crippen molar-refractivity contribution in [1.82, 2.24) is 25.4 Å². The number of amides is 1. The highest BCUT2D eigenvalue weighted by atomic mass is 16.2. The lowest BCUT2D eigenvalue weighted by Gasteiger charge is -2.36. The molecule has 0 radical (unpaired) electrons. The molecule has 158 valence electrons. The first-order valence-electron chi connectivity index (χ1n) is 10.4. The molecule has 2 aromatic heterocycles. The Labute approximate surface area is 178 Å². The van der Waals surface area contributed by atoms with Gasteiger partial charge < -0.3 is 4.90 Å². The number of hydrogen-bond acceptors (Lipinski definition) is 4. The highest BCUT2D eigenvalue weighted by Crippen LogP contribution is 2.37. The van der Waals surface area contributed by atoms with Crippen LogP contribution in [0.5, 0.6) is 0 Å². The number of benzene rings is 1. The normalized spacial score (nSPS) is 13.4. The van der Waals surface area contributed by atoms with Gasteiger partial charge in [-0.25, -0.2) is 0 Å². The number of aromatic nitrogens is 5. The van der Waals surface area contributed by atoms with Crippen LogP contribution in [0.25, 0.3) is 0 Å². The second kappa shape index (κ2) is 9.61. The van der Waals surface area contributed by atoms with Crippen LogP contribution in [0, 0.1) is 0 Å². The molecule has 3 aromatic rings. The minimum absolute atomic E-state index is 0.0938. The minimum Gasteiger partial charge on any atom is -0.337 e. The van der Waals surface area contributed by atoms with Gasteiger partial charge in [-0.2, -0.15) is 4.68 Å². The average Bonchev–Trinajstić information content (AvgIpc) is 3.13. The van der Waals surface area contributed by atoms with E-state index in [0.29, 0.717) is 6.42 Å². The van der Waals surface area contributed by atoms with E-state index in [2.05, 4.69) is 60.3 Å². The Bertz CT molecular complexity index is 931. The summed E-state index contributed by atoms with van der Waals surface area (Å²) >= 11 is 0. The zero-order valence-electron chi connectivity index (χ0n) is 18.4. The third-order valence-electron chi connectivity index (χ3n) is 5.46. The lowest BCUT2D eigenvalue weighted by atomic mass is 9.78. The molecule has 7 nitrogen and oxygen atoms in total. The summed E-state index contributed by atoms with van der Waals surface area (Å²) in [7, 11) is 1.88. The van der Waals surface area contributed by atoms with Crippen molar-refractivity contribution in [3.05, 3.63) is 71.8 Å². The van der Waals surface area contributed by atoms with E-state index in [9.17, 15) is 4.79 Å². The summed E-state index contributed by atoms with van der Waals surface area (Å²) in [5.74, 6) is 0.404. The molecule has 0 saturated carbocycles. The van der Waals surface area contributed by atoms with Crippen LogP contribution >= 0.6 is 0 Å². The molecule has 1 amide bonds. The van der Waals surface area contributed by atoms with Crippen LogP contribution in [0.15, 0.2) is 54.9 Å². The number of carbonyl (C=O) groups is 1. The lowest BCUT2D eigenvalue weighted by Crippen LogP contribution is -2.46. The Morgan fingerprint density at radius 3 is 2.23 bits per heavy atom. The maximum absolute atomic E-state index is 14.0. The van der Waals surface area contributed by atoms with Crippen molar-refractivity contribution in [1.29, 1.82) is 0 Å².